The molecule has 2 fully saturated rings. The van der Waals surface area contributed by atoms with E-state index in [-0.39, 0.29) is 29.7 Å². The van der Waals surface area contributed by atoms with Crippen LogP contribution in [0, 0.1) is 11.8 Å². The van der Waals surface area contributed by atoms with E-state index in [1.165, 1.54) is 4.90 Å². The van der Waals surface area contributed by atoms with E-state index in [0.717, 1.165) is 6.54 Å². The van der Waals surface area contributed by atoms with E-state index in [1.54, 1.807) is 6.92 Å². The van der Waals surface area contributed by atoms with E-state index in [0.29, 0.717) is 16.6 Å². The van der Waals surface area contributed by atoms with Crippen LogP contribution >= 0.6 is 0 Å². The summed E-state index contributed by atoms with van der Waals surface area (Å²) in [6.07, 6.45) is -0.418. The van der Waals surface area contributed by atoms with Gasteiger partial charge in [-0.1, -0.05) is 6.92 Å². The van der Waals surface area contributed by atoms with Gasteiger partial charge in [0, 0.05) is 12.3 Å². The van der Waals surface area contributed by atoms with Crippen molar-refractivity contribution in [2.75, 3.05) is 20.6 Å². The number of rotatable bonds is 3. The molecule has 0 radical (unpaired) electrons. The lowest BCUT2D eigenvalue weighted by atomic mass is 9.77. The predicted octanol–water partition coefficient (Wildman–Crippen LogP) is -1.37. The van der Waals surface area contributed by atoms with Crippen molar-refractivity contribution < 1.29 is 29.3 Å². The van der Waals surface area contributed by atoms with Gasteiger partial charge in [0.1, 0.15) is 12.6 Å². The zero-order valence-corrected chi connectivity index (χ0v) is 13.3. The average Bonchev–Trinajstić information content (AvgIpc) is 2.85. The van der Waals surface area contributed by atoms with Gasteiger partial charge in [-0.2, -0.15) is 9.48 Å². The predicted molar refractivity (Wildman–Crippen MR) is 73.5 cm³/mol. The normalized spacial score (nSPS) is 38.0. The molecule has 7 nitrogen and oxygen atoms in total. The van der Waals surface area contributed by atoms with Crippen molar-refractivity contribution in [3.05, 3.63) is 11.3 Å². The lowest BCUT2D eigenvalue weighted by Crippen LogP contribution is -2.64. The maximum atomic E-state index is 12.2. The van der Waals surface area contributed by atoms with Gasteiger partial charge in [-0.15, -0.1) is 0 Å². The molecule has 0 aliphatic carbocycles. The molecule has 3 aliphatic rings. The quantitative estimate of drug-likeness (QED) is 0.513. The summed E-state index contributed by atoms with van der Waals surface area (Å²) < 4.78 is 0.361. The van der Waals surface area contributed by atoms with Gasteiger partial charge in [0.25, 0.3) is 0 Å². The Bertz CT molecular complexity index is 568. The first-order valence-electron chi connectivity index (χ1n) is 7.63. The largest absolute Gasteiger partial charge is 0.543 e. The number of carbonyl (C=O) groups is 2. The van der Waals surface area contributed by atoms with E-state index in [4.69, 9.17) is 4.84 Å². The topological polar surface area (TPSA) is 89.9 Å². The zero-order chi connectivity index (χ0) is 16.4. The van der Waals surface area contributed by atoms with E-state index < -0.39 is 18.0 Å². The number of nitrogens with zero attached hydrogens (tertiary/aromatic N) is 2. The Labute approximate surface area is 129 Å². The molecule has 1 amide bonds. The molecule has 3 rings (SSSR count). The summed E-state index contributed by atoms with van der Waals surface area (Å²) >= 11 is 0. The number of carboxylic acids is 1. The lowest BCUT2D eigenvalue weighted by Gasteiger charge is -2.47. The van der Waals surface area contributed by atoms with E-state index >= 15 is 0 Å². The second-order valence-electron chi connectivity index (χ2n) is 7.03. The van der Waals surface area contributed by atoms with Crippen LogP contribution in [-0.4, -0.2) is 65.4 Å². The van der Waals surface area contributed by atoms with Gasteiger partial charge in [-0.05, 0) is 12.5 Å². The number of quaternary nitrogens is 1. The second-order valence-corrected chi connectivity index (χ2v) is 7.03. The van der Waals surface area contributed by atoms with Crippen molar-refractivity contribution in [2.24, 2.45) is 11.8 Å². The van der Waals surface area contributed by atoms with Crippen LogP contribution in [0.15, 0.2) is 11.3 Å². The van der Waals surface area contributed by atoms with Gasteiger partial charge < -0.3 is 19.9 Å². The summed E-state index contributed by atoms with van der Waals surface area (Å²) in [5.74, 6) is -2.39. The van der Waals surface area contributed by atoms with Crippen LogP contribution in [0.5, 0.6) is 0 Å². The number of aliphatic carboxylic acids is 1. The number of fused-ring (bicyclic) bond motifs is 1. The van der Waals surface area contributed by atoms with Crippen LogP contribution in [0.3, 0.4) is 0 Å². The minimum Gasteiger partial charge on any atom is -0.543 e. The second kappa shape index (κ2) is 4.78. The molecule has 1 N–H and O–H groups in total. The standard InChI is InChI=1S/C15H22N2O5/c1-7-10(9-5-6-17(3,4)22-9)13(15(20)21)16-12(7)11(8(2)18)14(16)19/h7-9,11-12,18H,5-6H2,1-4H3/t7-,8+,9-,11+,12+/m0/s1. The van der Waals surface area contributed by atoms with Crippen LogP contribution in [0.25, 0.3) is 0 Å². The molecule has 0 aromatic carbocycles. The Morgan fingerprint density at radius 2 is 2.14 bits per heavy atom. The average molecular weight is 310 g/mol. The molecule has 0 bridgehead atoms. The van der Waals surface area contributed by atoms with Crippen molar-refractivity contribution in [1.82, 2.24) is 4.90 Å². The Hall–Kier alpha value is -1.44. The van der Waals surface area contributed by atoms with E-state index in [9.17, 15) is 19.8 Å². The number of carbonyl (C=O) groups excluding carboxylic acids is 2. The van der Waals surface area contributed by atoms with Gasteiger partial charge in [-0.3, -0.25) is 4.79 Å². The summed E-state index contributed by atoms with van der Waals surface area (Å²) in [5, 5.41) is 21.4. The molecule has 0 aromatic rings. The summed E-state index contributed by atoms with van der Waals surface area (Å²) in [5.41, 5.74) is 0.580. The minimum atomic E-state index is -1.34. The number of amides is 1. The molecule has 0 saturated carbocycles. The minimum absolute atomic E-state index is 0.0497. The fraction of sp³-hybridized carbons (Fsp3) is 0.733. The number of β-lactam (4-membered cyclic amide) rings is 1. The maximum Gasteiger partial charge on any atom is 0.235 e. The smallest absolute Gasteiger partial charge is 0.235 e. The van der Waals surface area contributed by atoms with Crippen LogP contribution < -0.4 is 5.11 Å². The molecule has 0 aromatic heterocycles. The summed E-state index contributed by atoms with van der Waals surface area (Å²) in [6.45, 7) is 4.24. The molecule has 0 unspecified atom stereocenters. The molecule has 2 saturated heterocycles. The summed E-state index contributed by atoms with van der Waals surface area (Å²) in [6, 6.07) is -0.310. The highest BCUT2D eigenvalue weighted by Gasteiger charge is 2.60. The molecule has 0 spiro atoms. The zero-order valence-electron chi connectivity index (χ0n) is 13.3. The lowest BCUT2D eigenvalue weighted by molar-refractivity contribution is -1.06. The molecule has 5 atom stereocenters. The molecular formula is C15H22N2O5. The Morgan fingerprint density at radius 1 is 1.50 bits per heavy atom. The van der Waals surface area contributed by atoms with E-state index in [2.05, 4.69) is 0 Å². The van der Waals surface area contributed by atoms with Gasteiger partial charge in [0.05, 0.1) is 43.8 Å². The van der Waals surface area contributed by atoms with Crippen molar-refractivity contribution >= 4 is 11.9 Å². The third-order valence-corrected chi connectivity index (χ3v) is 5.11. The molecule has 3 aliphatic heterocycles. The van der Waals surface area contributed by atoms with Gasteiger partial charge >= 0.3 is 0 Å². The number of hydroxylamine groups is 3. The highest BCUT2D eigenvalue weighted by Crippen LogP contribution is 2.49. The van der Waals surface area contributed by atoms with Crippen LogP contribution in [0.1, 0.15) is 20.3 Å². The first kappa shape index (κ1) is 15.5. The maximum absolute atomic E-state index is 12.2. The molecular weight excluding hydrogens is 288 g/mol. The first-order chi connectivity index (χ1) is 10.2. The number of hydrogen-bond donors (Lipinski definition) is 1. The molecule has 122 valence electrons. The molecule has 3 heterocycles. The third kappa shape index (κ3) is 2.00. The highest BCUT2D eigenvalue weighted by molar-refractivity contribution is 5.99. The number of carboxylic acid groups (broad SMARTS) is 1. The van der Waals surface area contributed by atoms with Crippen molar-refractivity contribution in [2.45, 2.75) is 38.5 Å². The number of aliphatic hydroxyl groups is 1. The van der Waals surface area contributed by atoms with Crippen molar-refractivity contribution in [1.29, 1.82) is 0 Å². The monoisotopic (exact) mass is 310 g/mol. The van der Waals surface area contributed by atoms with E-state index in [1.807, 2.05) is 21.0 Å². The third-order valence-electron chi connectivity index (χ3n) is 5.11. The highest BCUT2D eigenvalue weighted by atomic mass is 16.7. The Kier molecular flexibility index (Phi) is 3.36. The fourth-order valence-electron chi connectivity index (χ4n) is 4.11. The van der Waals surface area contributed by atoms with Crippen LogP contribution in [0.4, 0.5) is 0 Å². The van der Waals surface area contributed by atoms with Gasteiger partial charge in [0.15, 0.2) is 0 Å². The summed E-state index contributed by atoms with van der Waals surface area (Å²) in [7, 11) is 3.83. The van der Waals surface area contributed by atoms with Crippen LogP contribution in [0.2, 0.25) is 0 Å². The Balaban J connectivity index is 1.98. The number of hydrogen-bond acceptors (Lipinski definition) is 5. The van der Waals surface area contributed by atoms with Gasteiger partial charge in [0.2, 0.25) is 5.91 Å². The number of aliphatic hydroxyl groups excluding tert-OH is 1. The first-order valence-corrected chi connectivity index (χ1v) is 7.63. The molecule has 7 heteroatoms. The van der Waals surface area contributed by atoms with Crippen LogP contribution in [-0.2, 0) is 14.4 Å². The SMILES string of the molecule is C[C@@H](O)[C@H]1C(=O)N2C(C(=O)[O-])=C([C@@H]3CC[N+](C)(C)O3)[C@H](C)[C@H]12. The Morgan fingerprint density at radius 3 is 2.59 bits per heavy atom. The van der Waals surface area contributed by atoms with Crippen molar-refractivity contribution in [3.8, 4) is 0 Å². The fourth-order valence-corrected chi connectivity index (χ4v) is 4.11. The van der Waals surface area contributed by atoms with Gasteiger partial charge in [-0.25, -0.2) is 0 Å². The summed E-state index contributed by atoms with van der Waals surface area (Å²) in [4.78, 5) is 31.0. The van der Waals surface area contributed by atoms with Crippen molar-refractivity contribution in [3.63, 3.8) is 0 Å². The molecule has 22 heavy (non-hydrogen) atoms.